The third-order valence-electron chi connectivity index (χ3n) is 3.32. The molecule has 0 unspecified atom stereocenters. The molecule has 2 aromatic carbocycles. The third kappa shape index (κ3) is 2.81. The fourth-order valence-corrected chi connectivity index (χ4v) is 2.96. The van der Waals surface area contributed by atoms with E-state index in [1.807, 2.05) is 0 Å². The number of hydrogen-bond acceptors (Lipinski definition) is 3. The zero-order chi connectivity index (χ0) is 16.8. The van der Waals surface area contributed by atoms with Gasteiger partial charge in [-0.25, -0.2) is 13.4 Å². The largest absolute Gasteiger partial charge is 0.450 e. The minimum atomic E-state index is -4.67. The fraction of sp³-hybridized carbons (Fsp3) is 0.133. The summed E-state index contributed by atoms with van der Waals surface area (Å²) in [7, 11) is -3.53. The van der Waals surface area contributed by atoms with Crippen molar-refractivity contribution in [3.63, 3.8) is 0 Å². The fourth-order valence-electron chi connectivity index (χ4n) is 2.32. The summed E-state index contributed by atoms with van der Waals surface area (Å²) in [6, 6.07) is 11.7. The van der Waals surface area contributed by atoms with Gasteiger partial charge >= 0.3 is 6.18 Å². The summed E-state index contributed by atoms with van der Waals surface area (Å²) < 4.78 is 64.0. The number of hydrogen-bond donors (Lipinski definition) is 0. The molecule has 0 aliphatic heterocycles. The van der Waals surface area contributed by atoms with Crippen molar-refractivity contribution in [2.45, 2.75) is 11.1 Å². The Morgan fingerprint density at radius 3 is 2.26 bits per heavy atom. The number of para-hydroxylation sites is 1. The van der Waals surface area contributed by atoms with Gasteiger partial charge in [-0.3, -0.25) is 4.57 Å². The van der Waals surface area contributed by atoms with Gasteiger partial charge in [-0.05, 0) is 30.3 Å². The summed E-state index contributed by atoms with van der Waals surface area (Å²) in [6.07, 6.45) is -3.67. The molecular weight excluding hydrogens is 329 g/mol. The Balaban J connectivity index is 2.37. The van der Waals surface area contributed by atoms with E-state index >= 15 is 0 Å². The molecule has 8 heteroatoms. The second-order valence-electron chi connectivity index (χ2n) is 5.03. The van der Waals surface area contributed by atoms with Crippen LogP contribution in [0, 0.1) is 0 Å². The maximum absolute atomic E-state index is 13.3. The molecule has 1 heterocycles. The average molecular weight is 340 g/mol. The summed E-state index contributed by atoms with van der Waals surface area (Å²) in [5.41, 5.74) is 0.467. The van der Waals surface area contributed by atoms with Gasteiger partial charge in [0.1, 0.15) is 0 Å². The summed E-state index contributed by atoms with van der Waals surface area (Å²) in [5.74, 6) is -1.09. The maximum Gasteiger partial charge on any atom is 0.450 e. The van der Waals surface area contributed by atoms with Crippen molar-refractivity contribution in [2.24, 2.45) is 0 Å². The maximum atomic E-state index is 13.3. The van der Waals surface area contributed by atoms with Crippen LogP contribution in [0.3, 0.4) is 0 Å². The lowest BCUT2D eigenvalue weighted by Gasteiger charge is -2.11. The first-order valence-electron chi connectivity index (χ1n) is 6.53. The monoisotopic (exact) mass is 340 g/mol. The molecular formula is C15H11F3N2O2S. The smallest absolute Gasteiger partial charge is 0.289 e. The highest BCUT2D eigenvalue weighted by Crippen LogP contribution is 2.34. The zero-order valence-corrected chi connectivity index (χ0v) is 12.7. The van der Waals surface area contributed by atoms with Crippen molar-refractivity contribution >= 4 is 20.9 Å². The Labute approximate surface area is 130 Å². The Kier molecular flexibility index (Phi) is 3.44. The first-order valence-corrected chi connectivity index (χ1v) is 8.42. The first-order chi connectivity index (χ1) is 10.7. The highest BCUT2D eigenvalue weighted by atomic mass is 32.2. The minimum absolute atomic E-state index is 0.0240. The number of rotatable bonds is 2. The Hall–Kier alpha value is -2.35. The van der Waals surface area contributed by atoms with E-state index in [2.05, 4.69) is 4.98 Å². The van der Waals surface area contributed by atoms with Crippen LogP contribution >= 0.6 is 0 Å². The van der Waals surface area contributed by atoms with Crippen molar-refractivity contribution in [1.29, 1.82) is 0 Å². The molecule has 4 nitrogen and oxygen atoms in total. The van der Waals surface area contributed by atoms with Gasteiger partial charge in [0.2, 0.25) is 5.82 Å². The van der Waals surface area contributed by atoms with Crippen molar-refractivity contribution in [3.8, 4) is 5.69 Å². The molecule has 0 fully saturated rings. The summed E-state index contributed by atoms with van der Waals surface area (Å²) in [5, 5.41) is 0. The lowest BCUT2D eigenvalue weighted by atomic mass is 10.3. The second-order valence-corrected chi connectivity index (χ2v) is 7.04. The molecule has 0 amide bonds. The Morgan fingerprint density at radius 2 is 1.70 bits per heavy atom. The summed E-state index contributed by atoms with van der Waals surface area (Å²) >= 11 is 0. The SMILES string of the molecule is CS(=O)(=O)c1ccc2c(c1)nc(C(F)(F)F)n2-c1ccccc1. The predicted octanol–water partition coefficient (Wildman–Crippen LogP) is 3.45. The van der Waals surface area contributed by atoms with Crippen LogP contribution in [0.5, 0.6) is 0 Å². The van der Waals surface area contributed by atoms with Gasteiger partial charge in [0.25, 0.3) is 0 Å². The second kappa shape index (κ2) is 5.09. The van der Waals surface area contributed by atoms with Gasteiger partial charge < -0.3 is 0 Å². The molecule has 23 heavy (non-hydrogen) atoms. The van der Waals surface area contributed by atoms with Crippen LogP contribution in [0.15, 0.2) is 53.4 Å². The van der Waals surface area contributed by atoms with Crippen molar-refractivity contribution in [3.05, 3.63) is 54.4 Å². The van der Waals surface area contributed by atoms with E-state index in [1.165, 1.54) is 24.3 Å². The molecule has 0 saturated carbocycles. The number of fused-ring (bicyclic) bond motifs is 1. The molecule has 0 N–H and O–H groups in total. The normalized spacial score (nSPS) is 12.7. The van der Waals surface area contributed by atoms with Crippen LogP contribution in [0.4, 0.5) is 13.2 Å². The topological polar surface area (TPSA) is 52.0 Å². The van der Waals surface area contributed by atoms with Crippen LogP contribution < -0.4 is 0 Å². The molecule has 0 atom stereocenters. The van der Waals surface area contributed by atoms with Gasteiger partial charge in [0, 0.05) is 11.9 Å². The molecule has 0 saturated heterocycles. The molecule has 0 radical (unpaired) electrons. The van der Waals surface area contributed by atoms with E-state index in [0.717, 1.165) is 16.9 Å². The zero-order valence-electron chi connectivity index (χ0n) is 11.9. The highest BCUT2D eigenvalue weighted by molar-refractivity contribution is 7.90. The summed E-state index contributed by atoms with van der Waals surface area (Å²) in [4.78, 5) is 3.54. The molecule has 3 rings (SSSR count). The highest BCUT2D eigenvalue weighted by Gasteiger charge is 2.38. The van der Waals surface area contributed by atoms with Crippen LogP contribution in [-0.4, -0.2) is 24.2 Å². The van der Waals surface area contributed by atoms with Crippen LogP contribution in [0.1, 0.15) is 5.82 Å². The van der Waals surface area contributed by atoms with E-state index < -0.39 is 21.8 Å². The quantitative estimate of drug-likeness (QED) is 0.718. The number of sulfone groups is 1. The number of alkyl halides is 3. The summed E-state index contributed by atoms with van der Waals surface area (Å²) in [6.45, 7) is 0. The van der Waals surface area contributed by atoms with Gasteiger partial charge in [-0.2, -0.15) is 13.2 Å². The molecule has 0 aliphatic rings. The standard InChI is InChI=1S/C15H11F3N2O2S/c1-23(21,22)11-7-8-13-12(9-11)19-14(15(16,17)18)20(13)10-5-3-2-4-6-10/h2-9H,1H3. The van der Waals surface area contributed by atoms with E-state index in [-0.39, 0.29) is 15.9 Å². The molecule has 0 aliphatic carbocycles. The Bertz CT molecular complexity index is 977. The van der Waals surface area contributed by atoms with E-state index in [0.29, 0.717) is 5.69 Å². The van der Waals surface area contributed by atoms with Crippen LogP contribution in [0.2, 0.25) is 0 Å². The average Bonchev–Trinajstić information content (AvgIpc) is 2.86. The number of nitrogens with zero attached hydrogens (tertiary/aromatic N) is 2. The molecule has 0 spiro atoms. The van der Waals surface area contributed by atoms with Gasteiger partial charge in [-0.15, -0.1) is 0 Å². The number of imidazole rings is 1. The Morgan fingerprint density at radius 1 is 1.04 bits per heavy atom. The minimum Gasteiger partial charge on any atom is -0.289 e. The van der Waals surface area contributed by atoms with Gasteiger partial charge in [-0.1, -0.05) is 18.2 Å². The van der Waals surface area contributed by atoms with E-state index in [1.54, 1.807) is 18.2 Å². The lowest BCUT2D eigenvalue weighted by molar-refractivity contribution is -0.145. The first kappa shape index (κ1) is 15.5. The number of halogens is 3. The number of aromatic nitrogens is 2. The van der Waals surface area contributed by atoms with Crippen molar-refractivity contribution in [1.82, 2.24) is 9.55 Å². The molecule has 120 valence electrons. The van der Waals surface area contributed by atoms with Crippen LogP contribution in [-0.2, 0) is 16.0 Å². The third-order valence-corrected chi connectivity index (χ3v) is 4.43. The van der Waals surface area contributed by atoms with Gasteiger partial charge in [0.15, 0.2) is 9.84 Å². The van der Waals surface area contributed by atoms with E-state index in [4.69, 9.17) is 0 Å². The van der Waals surface area contributed by atoms with Crippen molar-refractivity contribution in [2.75, 3.05) is 6.26 Å². The molecule has 0 bridgehead atoms. The molecule has 3 aromatic rings. The predicted molar refractivity (Wildman–Crippen MR) is 79.2 cm³/mol. The number of benzene rings is 2. The lowest BCUT2D eigenvalue weighted by Crippen LogP contribution is -2.13. The van der Waals surface area contributed by atoms with Crippen molar-refractivity contribution < 1.29 is 21.6 Å². The van der Waals surface area contributed by atoms with Gasteiger partial charge in [0.05, 0.1) is 15.9 Å². The van der Waals surface area contributed by atoms with E-state index in [9.17, 15) is 21.6 Å². The molecule has 1 aromatic heterocycles. The van der Waals surface area contributed by atoms with Crippen LogP contribution in [0.25, 0.3) is 16.7 Å².